The van der Waals surface area contributed by atoms with Crippen LogP contribution in [0, 0.1) is 0 Å². The standard InChI is InChI=1S/C39H44N2O7/c1-40-13-12-23-16-35(45-5)36(20-27(23)30(40)14-22-8-10-25(43-3)11-9-22)48-38-29-18-32-26-19-33(42)34(44-4)17-24(26)15-31(41(32)2)28(29)21-37(46-6)39(38)47-7/h8-11,16-17,19-21,30-32,42H,12-15,18H2,1-7H3/t30-,31-,32-/m0/s1. The van der Waals surface area contributed by atoms with Gasteiger partial charge in [-0.3, -0.25) is 9.80 Å². The first-order valence-corrected chi connectivity index (χ1v) is 16.4. The molecule has 0 amide bonds. The SMILES string of the molecule is COc1ccc(C[C@H]2c3cc(Oc4c5c(cc(OC)c4OC)[C@@H]4Cc6cc(OC)c(O)cc6[C@H](C5)N4C)c(OC)cc3CCN2C)cc1. The van der Waals surface area contributed by atoms with E-state index < -0.39 is 0 Å². The van der Waals surface area contributed by atoms with E-state index in [-0.39, 0.29) is 23.9 Å². The fourth-order valence-electron chi connectivity index (χ4n) is 7.91. The highest BCUT2D eigenvalue weighted by atomic mass is 16.5. The van der Waals surface area contributed by atoms with Crippen molar-refractivity contribution in [3.05, 3.63) is 93.5 Å². The van der Waals surface area contributed by atoms with E-state index in [0.29, 0.717) is 40.9 Å². The second-order valence-electron chi connectivity index (χ2n) is 12.9. The Kier molecular flexibility index (Phi) is 8.51. The Morgan fingerprint density at radius 3 is 2.04 bits per heavy atom. The number of benzene rings is 4. The number of phenols is 1. The van der Waals surface area contributed by atoms with Crippen LogP contribution >= 0.6 is 0 Å². The lowest BCUT2D eigenvalue weighted by Gasteiger charge is -2.46. The van der Waals surface area contributed by atoms with Gasteiger partial charge >= 0.3 is 0 Å². The van der Waals surface area contributed by atoms with Crippen LogP contribution in [0.25, 0.3) is 0 Å². The Balaban J connectivity index is 1.32. The number of methoxy groups -OCH3 is 5. The average Bonchev–Trinajstić information content (AvgIpc) is 3.10. The van der Waals surface area contributed by atoms with Gasteiger partial charge in [0, 0.05) is 30.2 Å². The molecule has 3 heterocycles. The van der Waals surface area contributed by atoms with Crippen LogP contribution in [0.2, 0.25) is 0 Å². The molecule has 1 N–H and O–H groups in total. The van der Waals surface area contributed by atoms with Crippen molar-refractivity contribution in [1.82, 2.24) is 9.80 Å². The highest BCUT2D eigenvalue weighted by Gasteiger charge is 2.42. The van der Waals surface area contributed by atoms with E-state index >= 15 is 0 Å². The highest BCUT2D eigenvalue weighted by molar-refractivity contribution is 5.64. The van der Waals surface area contributed by atoms with Crippen LogP contribution in [0.5, 0.6) is 46.0 Å². The molecule has 0 fully saturated rings. The molecule has 252 valence electrons. The molecule has 7 rings (SSSR count). The third kappa shape index (κ3) is 5.35. The minimum Gasteiger partial charge on any atom is -0.504 e. The van der Waals surface area contributed by atoms with Gasteiger partial charge in [0.25, 0.3) is 0 Å². The molecule has 0 aliphatic carbocycles. The van der Waals surface area contributed by atoms with Crippen molar-refractivity contribution in [1.29, 1.82) is 0 Å². The van der Waals surface area contributed by atoms with Crippen LogP contribution < -0.4 is 28.4 Å². The first-order valence-electron chi connectivity index (χ1n) is 16.4. The fraction of sp³-hybridized carbons (Fsp3) is 0.385. The van der Waals surface area contributed by atoms with Gasteiger partial charge in [-0.2, -0.15) is 0 Å². The maximum absolute atomic E-state index is 10.7. The lowest BCUT2D eigenvalue weighted by Crippen LogP contribution is -2.40. The summed E-state index contributed by atoms with van der Waals surface area (Å²) in [6.07, 6.45) is 3.19. The Morgan fingerprint density at radius 2 is 1.35 bits per heavy atom. The van der Waals surface area contributed by atoms with Crippen molar-refractivity contribution in [3.63, 3.8) is 0 Å². The normalized spacial score (nSPS) is 19.9. The zero-order valence-corrected chi connectivity index (χ0v) is 28.8. The molecule has 4 aromatic carbocycles. The fourth-order valence-corrected chi connectivity index (χ4v) is 7.91. The molecule has 48 heavy (non-hydrogen) atoms. The van der Waals surface area contributed by atoms with Gasteiger partial charge in [0.1, 0.15) is 5.75 Å². The summed E-state index contributed by atoms with van der Waals surface area (Å²) in [7, 11) is 12.6. The summed E-state index contributed by atoms with van der Waals surface area (Å²) in [6.45, 7) is 0.952. The molecule has 3 aliphatic heterocycles. The van der Waals surface area contributed by atoms with Gasteiger partial charge < -0.3 is 33.5 Å². The molecule has 4 aromatic rings. The average molecular weight is 653 g/mol. The summed E-state index contributed by atoms with van der Waals surface area (Å²) in [5.41, 5.74) is 8.18. The van der Waals surface area contributed by atoms with Crippen molar-refractivity contribution in [2.24, 2.45) is 0 Å². The van der Waals surface area contributed by atoms with Gasteiger partial charge in [0.05, 0.1) is 35.5 Å². The van der Waals surface area contributed by atoms with E-state index in [9.17, 15) is 5.11 Å². The smallest absolute Gasteiger partial charge is 0.204 e. The molecule has 9 nitrogen and oxygen atoms in total. The minimum atomic E-state index is 0.0245. The molecular formula is C39H44N2O7. The van der Waals surface area contributed by atoms with Crippen LogP contribution in [-0.2, 0) is 25.7 Å². The van der Waals surface area contributed by atoms with Crippen LogP contribution in [0.1, 0.15) is 57.1 Å². The van der Waals surface area contributed by atoms with Gasteiger partial charge in [-0.25, -0.2) is 0 Å². The molecular weight excluding hydrogens is 608 g/mol. The maximum Gasteiger partial charge on any atom is 0.204 e. The Hall–Kier alpha value is -4.60. The molecule has 0 aromatic heterocycles. The molecule has 2 bridgehead atoms. The summed E-state index contributed by atoms with van der Waals surface area (Å²) >= 11 is 0. The Morgan fingerprint density at radius 1 is 0.667 bits per heavy atom. The number of hydrogen-bond donors (Lipinski definition) is 1. The van der Waals surface area contributed by atoms with Gasteiger partial charge in [-0.1, -0.05) is 12.1 Å². The highest BCUT2D eigenvalue weighted by Crippen LogP contribution is 2.55. The quantitative estimate of drug-likeness (QED) is 0.209. The van der Waals surface area contributed by atoms with E-state index in [1.54, 1.807) is 35.5 Å². The second-order valence-corrected chi connectivity index (χ2v) is 12.9. The molecule has 0 unspecified atom stereocenters. The number of ether oxygens (including phenoxy) is 6. The number of hydrogen-bond acceptors (Lipinski definition) is 9. The van der Waals surface area contributed by atoms with Crippen molar-refractivity contribution >= 4 is 0 Å². The number of fused-ring (bicyclic) bond motifs is 7. The van der Waals surface area contributed by atoms with E-state index in [1.165, 1.54) is 22.3 Å². The maximum atomic E-state index is 10.7. The van der Waals surface area contributed by atoms with E-state index in [4.69, 9.17) is 28.4 Å². The summed E-state index contributed by atoms with van der Waals surface area (Å²) in [4.78, 5) is 4.79. The van der Waals surface area contributed by atoms with Crippen molar-refractivity contribution in [3.8, 4) is 46.0 Å². The zero-order chi connectivity index (χ0) is 33.7. The van der Waals surface area contributed by atoms with Gasteiger partial charge in [-0.05, 0) is 116 Å². The lowest BCUT2D eigenvalue weighted by atomic mass is 9.76. The number of aromatic hydroxyl groups is 1. The third-order valence-electron chi connectivity index (χ3n) is 10.6. The molecule has 0 radical (unpaired) electrons. The predicted octanol–water partition coefficient (Wildman–Crippen LogP) is 6.83. The summed E-state index contributed by atoms with van der Waals surface area (Å²) in [5.74, 6) is 4.58. The van der Waals surface area contributed by atoms with Crippen molar-refractivity contribution in [2.75, 3.05) is 56.2 Å². The van der Waals surface area contributed by atoms with Crippen LogP contribution in [0.3, 0.4) is 0 Å². The lowest BCUT2D eigenvalue weighted by molar-refractivity contribution is 0.135. The minimum absolute atomic E-state index is 0.0245. The molecule has 0 saturated heterocycles. The molecule has 0 spiro atoms. The Labute approximate surface area is 282 Å². The molecule has 0 saturated carbocycles. The Bertz CT molecular complexity index is 1840. The van der Waals surface area contributed by atoms with E-state index in [2.05, 4.69) is 54.2 Å². The monoisotopic (exact) mass is 652 g/mol. The first kappa shape index (κ1) is 32.0. The van der Waals surface area contributed by atoms with E-state index in [1.807, 2.05) is 24.3 Å². The number of rotatable bonds is 9. The third-order valence-corrected chi connectivity index (χ3v) is 10.6. The second kappa shape index (κ2) is 12.8. The predicted molar refractivity (Wildman–Crippen MR) is 184 cm³/mol. The van der Waals surface area contributed by atoms with Gasteiger partial charge in [0.15, 0.2) is 34.5 Å². The molecule has 3 atom stereocenters. The zero-order valence-electron chi connectivity index (χ0n) is 28.8. The number of phenolic OH excluding ortho intramolecular Hbond substituents is 1. The summed E-state index contributed by atoms with van der Waals surface area (Å²) in [5, 5.41) is 10.7. The van der Waals surface area contributed by atoms with Crippen molar-refractivity contribution in [2.45, 2.75) is 43.8 Å². The van der Waals surface area contributed by atoms with Gasteiger partial charge in [0.2, 0.25) is 5.75 Å². The summed E-state index contributed by atoms with van der Waals surface area (Å²) < 4.78 is 35.7. The summed E-state index contributed by atoms with van der Waals surface area (Å²) in [6, 6.07) is 18.7. The largest absolute Gasteiger partial charge is 0.504 e. The first-order chi connectivity index (χ1) is 23.3. The molecule has 9 heteroatoms. The van der Waals surface area contributed by atoms with Crippen LogP contribution in [0.4, 0.5) is 0 Å². The molecule has 3 aliphatic rings. The van der Waals surface area contributed by atoms with E-state index in [0.717, 1.165) is 48.2 Å². The van der Waals surface area contributed by atoms with Gasteiger partial charge in [-0.15, -0.1) is 0 Å². The van der Waals surface area contributed by atoms with Crippen molar-refractivity contribution < 1.29 is 33.5 Å². The number of nitrogens with zero attached hydrogens (tertiary/aromatic N) is 2. The number of likely N-dealkylation sites (N-methyl/N-ethyl adjacent to an activating group) is 2. The van der Waals surface area contributed by atoms with Crippen LogP contribution in [0.15, 0.2) is 54.6 Å². The van der Waals surface area contributed by atoms with Crippen LogP contribution in [-0.4, -0.2) is 71.1 Å². The topological polar surface area (TPSA) is 82.1 Å².